The zero-order chi connectivity index (χ0) is 24.2. The molecule has 180 valence electrons. The van der Waals surface area contributed by atoms with Gasteiger partial charge in [-0.3, -0.25) is 19.7 Å². The molecule has 0 atom stereocenters. The number of nitrogens with two attached hydrogens (primary N) is 1. The lowest BCUT2D eigenvalue weighted by Crippen LogP contribution is -2.33. The number of primary amides is 1. The second-order valence-electron chi connectivity index (χ2n) is 9.23. The highest BCUT2D eigenvalue weighted by molar-refractivity contribution is 6.07. The van der Waals surface area contributed by atoms with E-state index in [2.05, 4.69) is 17.1 Å². The van der Waals surface area contributed by atoms with Crippen molar-refractivity contribution in [2.24, 2.45) is 11.7 Å². The summed E-state index contributed by atoms with van der Waals surface area (Å²) in [5, 5.41) is 14.7. The maximum absolute atomic E-state index is 13.2. The van der Waals surface area contributed by atoms with Crippen LogP contribution in [0.15, 0.2) is 36.4 Å². The van der Waals surface area contributed by atoms with Gasteiger partial charge in [-0.2, -0.15) is 0 Å². The highest BCUT2D eigenvalue weighted by atomic mass is 16.6. The van der Waals surface area contributed by atoms with Crippen LogP contribution in [-0.4, -0.2) is 42.9 Å². The van der Waals surface area contributed by atoms with E-state index in [1.165, 1.54) is 6.07 Å². The summed E-state index contributed by atoms with van der Waals surface area (Å²) < 4.78 is 0. The Morgan fingerprint density at radius 1 is 0.941 bits per heavy atom. The van der Waals surface area contributed by atoms with Crippen LogP contribution in [0.4, 0.5) is 22.7 Å². The van der Waals surface area contributed by atoms with E-state index in [9.17, 15) is 19.7 Å². The van der Waals surface area contributed by atoms with Crippen molar-refractivity contribution < 1.29 is 14.5 Å². The van der Waals surface area contributed by atoms with Crippen LogP contribution in [0.5, 0.6) is 0 Å². The second-order valence-corrected chi connectivity index (χ2v) is 9.23. The van der Waals surface area contributed by atoms with E-state index in [-0.39, 0.29) is 16.8 Å². The molecule has 3 N–H and O–H groups in total. The summed E-state index contributed by atoms with van der Waals surface area (Å²) in [5.74, 6) is -0.455. The number of nitrogens with zero attached hydrogens (tertiary/aromatic N) is 3. The highest BCUT2D eigenvalue weighted by Crippen LogP contribution is 2.34. The number of hydrogen-bond acceptors (Lipinski definition) is 6. The van der Waals surface area contributed by atoms with Crippen LogP contribution >= 0.6 is 0 Å². The first-order valence-corrected chi connectivity index (χ1v) is 11.9. The van der Waals surface area contributed by atoms with E-state index in [0.29, 0.717) is 17.3 Å². The maximum atomic E-state index is 13.2. The molecule has 9 nitrogen and oxygen atoms in total. The number of rotatable bonds is 6. The Bertz CT molecular complexity index is 1090. The molecule has 0 unspecified atom stereocenters. The number of nitrogens with one attached hydrogen (secondary N) is 1. The molecule has 0 saturated carbocycles. The lowest BCUT2D eigenvalue weighted by molar-refractivity contribution is -0.384. The van der Waals surface area contributed by atoms with Crippen molar-refractivity contribution in [1.29, 1.82) is 0 Å². The van der Waals surface area contributed by atoms with Gasteiger partial charge < -0.3 is 20.9 Å². The van der Waals surface area contributed by atoms with Gasteiger partial charge in [-0.25, -0.2) is 0 Å². The van der Waals surface area contributed by atoms with Crippen LogP contribution in [0.25, 0.3) is 0 Å². The average Bonchev–Trinajstić information content (AvgIpc) is 2.84. The minimum absolute atomic E-state index is 0.0793. The molecule has 2 heterocycles. The fourth-order valence-corrected chi connectivity index (χ4v) is 4.72. The lowest BCUT2D eigenvalue weighted by atomic mass is 9.98. The predicted octanol–water partition coefficient (Wildman–Crippen LogP) is 4.17. The summed E-state index contributed by atoms with van der Waals surface area (Å²) in [7, 11) is 0. The maximum Gasteiger partial charge on any atom is 0.293 e. The Hall–Kier alpha value is -3.62. The zero-order valence-electron chi connectivity index (χ0n) is 19.5. The Kier molecular flexibility index (Phi) is 7.00. The van der Waals surface area contributed by atoms with Crippen LogP contribution in [0.1, 0.15) is 59.7 Å². The predicted molar refractivity (Wildman–Crippen MR) is 133 cm³/mol. The summed E-state index contributed by atoms with van der Waals surface area (Å²) in [4.78, 5) is 40.5. The summed E-state index contributed by atoms with van der Waals surface area (Å²) in [6, 6.07) is 9.64. The molecule has 0 aromatic heterocycles. The minimum Gasteiger partial charge on any atom is -0.370 e. The molecule has 2 fully saturated rings. The largest absolute Gasteiger partial charge is 0.370 e. The Balaban J connectivity index is 1.62. The summed E-state index contributed by atoms with van der Waals surface area (Å²) in [5.41, 5.74) is 7.68. The smallest absolute Gasteiger partial charge is 0.293 e. The molecule has 0 bridgehead atoms. The van der Waals surface area contributed by atoms with Crippen molar-refractivity contribution in [3.63, 3.8) is 0 Å². The Labute approximate surface area is 199 Å². The molecule has 2 aliphatic heterocycles. The number of carbonyl (C=O) groups is 2. The van der Waals surface area contributed by atoms with Gasteiger partial charge >= 0.3 is 0 Å². The van der Waals surface area contributed by atoms with Crippen LogP contribution in [0.2, 0.25) is 0 Å². The topological polar surface area (TPSA) is 122 Å². The molecule has 0 aliphatic carbocycles. The molecule has 2 saturated heterocycles. The summed E-state index contributed by atoms with van der Waals surface area (Å²) in [6.45, 7) is 5.41. The third kappa shape index (κ3) is 5.13. The van der Waals surface area contributed by atoms with Crippen molar-refractivity contribution in [1.82, 2.24) is 0 Å². The van der Waals surface area contributed by atoms with Gasteiger partial charge in [0.15, 0.2) is 0 Å². The van der Waals surface area contributed by atoms with Gasteiger partial charge in [0.1, 0.15) is 5.69 Å². The standard InChI is InChI=1S/C25H31N5O4/c1-17-9-13-29(14-10-17)22-8-6-19(16-23(22)30(33)34)25(32)27-20-15-18(24(26)31)5-7-21(20)28-11-3-2-4-12-28/h5-8,15-17H,2-4,9-14H2,1H3,(H2,26,31)(H,27,32). The van der Waals surface area contributed by atoms with Gasteiger partial charge in [-0.1, -0.05) is 6.92 Å². The van der Waals surface area contributed by atoms with Gasteiger partial charge in [0.05, 0.1) is 16.3 Å². The van der Waals surface area contributed by atoms with Crippen LogP contribution < -0.4 is 20.9 Å². The second kappa shape index (κ2) is 10.1. The van der Waals surface area contributed by atoms with Gasteiger partial charge in [-0.05, 0) is 68.4 Å². The van der Waals surface area contributed by atoms with Crippen molar-refractivity contribution in [2.45, 2.75) is 39.0 Å². The quantitative estimate of drug-likeness (QED) is 0.488. The Morgan fingerprint density at radius 3 is 2.21 bits per heavy atom. The van der Waals surface area contributed by atoms with Crippen LogP contribution in [0, 0.1) is 16.0 Å². The number of benzene rings is 2. The van der Waals surface area contributed by atoms with Crippen molar-refractivity contribution in [3.8, 4) is 0 Å². The lowest BCUT2D eigenvalue weighted by Gasteiger charge is -2.32. The van der Waals surface area contributed by atoms with E-state index >= 15 is 0 Å². The fraction of sp³-hybridized carbons (Fsp3) is 0.440. The molecule has 9 heteroatoms. The van der Waals surface area contributed by atoms with E-state index in [0.717, 1.165) is 64.0 Å². The third-order valence-electron chi connectivity index (χ3n) is 6.78. The van der Waals surface area contributed by atoms with E-state index < -0.39 is 16.7 Å². The summed E-state index contributed by atoms with van der Waals surface area (Å²) >= 11 is 0. The van der Waals surface area contributed by atoms with Crippen molar-refractivity contribution >= 4 is 34.6 Å². The molecule has 2 aliphatic rings. The first kappa shape index (κ1) is 23.5. The third-order valence-corrected chi connectivity index (χ3v) is 6.78. The molecule has 4 rings (SSSR count). The number of anilines is 3. The van der Waals surface area contributed by atoms with Crippen LogP contribution in [-0.2, 0) is 0 Å². The first-order valence-electron chi connectivity index (χ1n) is 11.9. The number of nitro groups is 1. The number of hydrogen-bond donors (Lipinski definition) is 2. The highest BCUT2D eigenvalue weighted by Gasteiger charge is 2.25. The molecule has 0 spiro atoms. The first-order chi connectivity index (χ1) is 16.3. The van der Waals surface area contributed by atoms with E-state index in [4.69, 9.17) is 5.73 Å². The van der Waals surface area contributed by atoms with Crippen LogP contribution in [0.3, 0.4) is 0 Å². The van der Waals surface area contributed by atoms with E-state index in [1.54, 1.807) is 30.3 Å². The molecule has 0 radical (unpaired) electrons. The van der Waals surface area contributed by atoms with Gasteiger partial charge in [-0.15, -0.1) is 0 Å². The van der Waals surface area contributed by atoms with Gasteiger partial charge in [0.2, 0.25) is 5.91 Å². The normalized spacial score (nSPS) is 16.9. The van der Waals surface area contributed by atoms with Crippen molar-refractivity contribution in [3.05, 3.63) is 57.6 Å². The molecule has 34 heavy (non-hydrogen) atoms. The molecular weight excluding hydrogens is 434 g/mol. The van der Waals surface area contributed by atoms with E-state index in [1.807, 2.05) is 4.90 Å². The number of carbonyl (C=O) groups excluding carboxylic acids is 2. The fourth-order valence-electron chi connectivity index (χ4n) is 4.72. The summed E-state index contributed by atoms with van der Waals surface area (Å²) in [6.07, 6.45) is 5.22. The van der Waals surface area contributed by atoms with Gasteiger partial charge in [0.25, 0.3) is 11.6 Å². The SMILES string of the molecule is CC1CCN(c2ccc(C(=O)Nc3cc(C(N)=O)ccc3N3CCCCC3)cc2[N+](=O)[O-])CC1. The number of piperidine rings is 2. The number of amides is 2. The monoisotopic (exact) mass is 465 g/mol. The molecule has 2 aromatic rings. The molecular formula is C25H31N5O4. The van der Waals surface area contributed by atoms with Crippen molar-refractivity contribution in [2.75, 3.05) is 41.3 Å². The molecule has 2 amide bonds. The molecule has 2 aromatic carbocycles. The minimum atomic E-state index is -0.587. The number of nitro benzene ring substituents is 1. The Morgan fingerprint density at radius 2 is 1.56 bits per heavy atom. The van der Waals surface area contributed by atoms with Gasteiger partial charge in [0, 0.05) is 43.4 Å². The average molecular weight is 466 g/mol. The zero-order valence-corrected chi connectivity index (χ0v) is 19.5.